The third-order valence-electron chi connectivity index (χ3n) is 4.32. The molecule has 0 radical (unpaired) electrons. The highest BCUT2D eigenvalue weighted by Crippen LogP contribution is 2.29. The fraction of sp³-hybridized carbons (Fsp3) is 0.300. The van der Waals surface area contributed by atoms with E-state index in [-0.39, 0.29) is 13.2 Å². The molecule has 5 heteroatoms. The Morgan fingerprint density at radius 3 is 2.40 bits per heavy atom. The highest BCUT2D eigenvalue weighted by atomic mass is 16.5. The summed E-state index contributed by atoms with van der Waals surface area (Å²) in [6.07, 6.45) is 4.68. The number of hydrogen-bond acceptors (Lipinski definition) is 5. The van der Waals surface area contributed by atoms with E-state index in [2.05, 4.69) is 16.3 Å². The lowest BCUT2D eigenvalue weighted by molar-refractivity contribution is 0.230. The van der Waals surface area contributed by atoms with Crippen LogP contribution in [0.2, 0.25) is 0 Å². The molecule has 1 aliphatic carbocycles. The standard InChI is InChI=1S/C20H20N2O3/c1-2-9-16(10-3-1)23-13-19-21-22-20(25-19)14-24-18-12-6-8-15-7-4-5-11-17(15)18/h1-3,6,8-10,12H,4-5,7,11,13-14H2. The summed E-state index contributed by atoms with van der Waals surface area (Å²) in [5.41, 5.74) is 2.71. The smallest absolute Gasteiger partial charge is 0.254 e. The van der Waals surface area contributed by atoms with Crippen molar-refractivity contribution < 1.29 is 13.9 Å². The van der Waals surface area contributed by atoms with Crippen molar-refractivity contribution in [2.45, 2.75) is 38.9 Å². The van der Waals surface area contributed by atoms with E-state index in [1.165, 1.54) is 24.0 Å². The van der Waals surface area contributed by atoms with E-state index in [1.54, 1.807) is 0 Å². The van der Waals surface area contributed by atoms with Gasteiger partial charge < -0.3 is 13.9 Å². The minimum Gasteiger partial charge on any atom is -0.484 e. The van der Waals surface area contributed by atoms with Crippen molar-refractivity contribution in [3.8, 4) is 11.5 Å². The normalized spacial score (nSPS) is 13.3. The Morgan fingerprint density at radius 2 is 1.56 bits per heavy atom. The molecule has 0 bridgehead atoms. The number of fused-ring (bicyclic) bond motifs is 1. The van der Waals surface area contributed by atoms with Gasteiger partial charge in [-0.05, 0) is 55.0 Å². The lowest BCUT2D eigenvalue weighted by Crippen LogP contribution is -2.06. The average Bonchev–Trinajstić information content (AvgIpc) is 3.13. The fourth-order valence-corrected chi connectivity index (χ4v) is 3.09. The van der Waals surface area contributed by atoms with Gasteiger partial charge in [-0.15, -0.1) is 10.2 Å². The topological polar surface area (TPSA) is 57.4 Å². The van der Waals surface area contributed by atoms with Crippen LogP contribution in [0, 0.1) is 0 Å². The second-order valence-electron chi connectivity index (χ2n) is 6.08. The molecule has 0 fully saturated rings. The van der Waals surface area contributed by atoms with Gasteiger partial charge in [0.05, 0.1) is 0 Å². The van der Waals surface area contributed by atoms with E-state index < -0.39 is 0 Å². The first kappa shape index (κ1) is 15.7. The summed E-state index contributed by atoms with van der Waals surface area (Å²) in [4.78, 5) is 0. The lowest BCUT2D eigenvalue weighted by atomic mass is 9.91. The lowest BCUT2D eigenvalue weighted by Gasteiger charge is -2.18. The van der Waals surface area contributed by atoms with E-state index in [9.17, 15) is 0 Å². The number of nitrogens with zero attached hydrogens (tertiary/aromatic N) is 2. The van der Waals surface area contributed by atoms with Crippen LogP contribution in [-0.2, 0) is 26.1 Å². The summed E-state index contributed by atoms with van der Waals surface area (Å²) in [5.74, 6) is 2.60. The third-order valence-corrected chi connectivity index (χ3v) is 4.32. The van der Waals surface area contributed by atoms with Gasteiger partial charge in [0, 0.05) is 0 Å². The number of para-hydroxylation sites is 1. The van der Waals surface area contributed by atoms with Crippen LogP contribution in [0.25, 0.3) is 0 Å². The van der Waals surface area contributed by atoms with E-state index in [0.29, 0.717) is 11.8 Å². The van der Waals surface area contributed by atoms with Crippen molar-refractivity contribution in [3.05, 3.63) is 71.4 Å². The molecule has 0 spiro atoms. The Bertz CT molecular complexity index is 830. The van der Waals surface area contributed by atoms with Crippen molar-refractivity contribution in [2.75, 3.05) is 0 Å². The second kappa shape index (κ2) is 7.38. The summed E-state index contributed by atoms with van der Waals surface area (Å²) in [5, 5.41) is 8.04. The Hall–Kier alpha value is -2.82. The molecule has 1 aliphatic rings. The number of aromatic nitrogens is 2. The summed E-state index contributed by atoms with van der Waals surface area (Å²) >= 11 is 0. The van der Waals surface area contributed by atoms with Crippen LogP contribution in [0.5, 0.6) is 11.5 Å². The molecule has 4 rings (SSSR count). The van der Waals surface area contributed by atoms with E-state index in [4.69, 9.17) is 13.9 Å². The summed E-state index contributed by atoms with van der Waals surface area (Å²) in [6, 6.07) is 15.8. The highest BCUT2D eigenvalue weighted by Gasteiger charge is 2.15. The number of rotatable bonds is 6. The molecule has 0 saturated heterocycles. The zero-order chi connectivity index (χ0) is 16.9. The van der Waals surface area contributed by atoms with Crippen LogP contribution < -0.4 is 9.47 Å². The van der Waals surface area contributed by atoms with Crippen LogP contribution in [0.3, 0.4) is 0 Å². The Balaban J connectivity index is 1.36. The quantitative estimate of drug-likeness (QED) is 0.678. The van der Waals surface area contributed by atoms with E-state index in [1.807, 2.05) is 42.5 Å². The van der Waals surface area contributed by atoms with Crippen LogP contribution in [0.15, 0.2) is 52.9 Å². The van der Waals surface area contributed by atoms with Crippen LogP contribution in [0.4, 0.5) is 0 Å². The molecule has 128 valence electrons. The third kappa shape index (κ3) is 3.82. The highest BCUT2D eigenvalue weighted by molar-refractivity contribution is 5.41. The Morgan fingerprint density at radius 1 is 0.800 bits per heavy atom. The van der Waals surface area contributed by atoms with Gasteiger partial charge in [-0.1, -0.05) is 30.3 Å². The molecule has 0 amide bonds. The van der Waals surface area contributed by atoms with Crippen LogP contribution in [0.1, 0.15) is 35.7 Å². The van der Waals surface area contributed by atoms with Crippen molar-refractivity contribution >= 4 is 0 Å². The van der Waals surface area contributed by atoms with Crippen molar-refractivity contribution in [1.29, 1.82) is 0 Å². The predicted molar refractivity (Wildman–Crippen MR) is 92.5 cm³/mol. The first-order valence-electron chi connectivity index (χ1n) is 8.61. The van der Waals surface area contributed by atoms with E-state index >= 15 is 0 Å². The summed E-state index contributed by atoms with van der Waals surface area (Å²) in [6.45, 7) is 0.520. The summed E-state index contributed by atoms with van der Waals surface area (Å²) in [7, 11) is 0. The van der Waals surface area contributed by atoms with Gasteiger partial charge in [-0.3, -0.25) is 0 Å². The molecule has 2 aromatic carbocycles. The van der Waals surface area contributed by atoms with Gasteiger partial charge >= 0.3 is 0 Å². The SMILES string of the molecule is c1ccc(OCc2nnc(COc3cccc4c3CCCC4)o2)cc1. The average molecular weight is 336 g/mol. The molecule has 0 saturated carbocycles. The number of benzene rings is 2. The van der Waals surface area contributed by atoms with Crippen molar-refractivity contribution in [3.63, 3.8) is 0 Å². The maximum atomic E-state index is 5.93. The number of aryl methyl sites for hydroxylation is 1. The Labute approximate surface area is 146 Å². The number of ether oxygens (including phenoxy) is 2. The van der Waals surface area contributed by atoms with Gasteiger partial charge in [0.15, 0.2) is 13.2 Å². The molecule has 0 atom stereocenters. The zero-order valence-corrected chi connectivity index (χ0v) is 14.0. The predicted octanol–water partition coefficient (Wildman–Crippen LogP) is 4.11. The van der Waals surface area contributed by atoms with Gasteiger partial charge in [0.1, 0.15) is 11.5 Å². The maximum absolute atomic E-state index is 5.93. The molecule has 1 heterocycles. The first-order chi connectivity index (χ1) is 12.4. The first-order valence-corrected chi connectivity index (χ1v) is 8.61. The minimum absolute atomic E-state index is 0.248. The minimum atomic E-state index is 0.248. The fourth-order valence-electron chi connectivity index (χ4n) is 3.09. The van der Waals surface area contributed by atoms with Gasteiger partial charge in [-0.2, -0.15) is 0 Å². The van der Waals surface area contributed by atoms with E-state index in [0.717, 1.165) is 24.3 Å². The van der Waals surface area contributed by atoms with Crippen LogP contribution >= 0.6 is 0 Å². The molecule has 0 aliphatic heterocycles. The molecule has 0 N–H and O–H groups in total. The molecule has 5 nitrogen and oxygen atoms in total. The van der Waals surface area contributed by atoms with Gasteiger partial charge in [0.25, 0.3) is 11.8 Å². The second-order valence-corrected chi connectivity index (χ2v) is 6.08. The molecule has 3 aromatic rings. The molecule has 25 heavy (non-hydrogen) atoms. The Kier molecular flexibility index (Phi) is 4.63. The van der Waals surface area contributed by atoms with Crippen LogP contribution in [-0.4, -0.2) is 10.2 Å². The van der Waals surface area contributed by atoms with Gasteiger partial charge in [0.2, 0.25) is 0 Å². The molecular formula is C20H20N2O3. The molecule has 0 unspecified atom stereocenters. The van der Waals surface area contributed by atoms with Crippen molar-refractivity contribution in [2.24, 2.45) is 0 Å². The van der Waals surface area contributed by atoms with Crippen molar-refractivity contribution in [1.82, 2.24) is 10.2 Å². The number of hydrogen-bond donors (Lipinski definition) is 0. The maximum Gasteiger partial charge on any atom is 0.254 e. The van der Waals surface area contributed by atoms with Gasteiger partial charge in [-0.25, -0.2) is 0 Å². The summed E-state index contributed by atoms with van der Waals surface area (Å²) < 4.78 is 17.1. The largest absolute Gasteiger partial charge is 0.484 e. The zero-order valence-electron chi connectivity index (χ0n) is 14.0. The molecule has 1 aromatic heterocycles. The molecular weight excluding hydrogens is 316 g/mol. The monoisotopic (exact) mass is 336 g/mol.